The van der Waals surface area contributed by atoms with Gasteiger partial charge in [0.15, 0.2) is 5.66 Å². The minimum absolute atomic E-state index is 0.0151. The number of hydrogen-bond acceptors (Lipinski definition) is 7. The van der Waals surface area contributed by atoms with Gasteiger partial charge in [0.1, 0.15) is 29.1 Å². The fourth-order valence-corrected chi connectivity index (χ4v) is 10.3. The minimum Gasteiger partial charge on any atom is -0.860 e. The number of nitrogens with zero attached hydrogens (tertiary/aromatic N) is 2. The Bertz CT molecular complexity index is 1570. The molecule has 218 valence electrons. The van der Waals surface area contributed by atoms with E-state index in [9.17, 15) is 24.3 Å². The van der Waals surface area contributed by atoms with E-state index in [1.165, 1.54) is 14.1 Å². The summed E-state index contributed by atoms with van der Waals surface area (Å²) < 4.78 is 12.7. The number of esters is 2. The van der Waals surface area contributed by atoms with Crippen molar-refractivity contribution in [1.82, 2.24) is 9.13 Å². The van der Waals surface area contributed by atoms with Crippen molar-refractivity contribution in [3.8, 4) is 5.88 Å². The lowest BCUT2D eigenvalue weighted by atomic mass is 9.96. The number of carbonyl (C=O) groups is 2. The normalized spacial score (nSPS) is 12.8. The van der Waals surface area contributed by atoms with Gasteiger partial charge in [0, 0.05) is 19.7 Å². The third kappa shape index (κ3) is 5.28. The van der Waals surface area contributed by atoms with Crippen LogP contribution in [0.3, 0.4) is 0 Å². The van der Waals surface area contributed by atoms with Crippen LogP contribution in [0.25, 0.3) is 0 Å². The average Bonchev–Trinajstić information content (AvgIpc) is 3.02. The van der Waals surface area contributed by atoms with Crippen molar-refractivity contribution < 1.29 is 24.2 Å². The largest absolute Gasteiger partial charge is 0.860 e. The number of rotatable bonds is 10. The van der Waals surface area contributed by atoms with Gasteiger partial charge in [0.25, 0.3) is 5.56 Å². The molecule has 2 unspecified atom stereocenters. The molecule has 4 aromatic rings. The molecule has 42 heavy (non-hydrogen) atoms. The predicted octanol–water partition coefficient (Wildman–Crippen LogP) is 1.73. The SMILES string of the molecule is CCOC(=O)C(c1c([O-])n(C)c(=O)n(C)c1=O)C(C(=O)OCC)[P+](c1ccccc1)(c1ccccc1)c1ccccc1. The van der Waals surface area contributed by atoms with Gasteiger partial charge in [0.2, 0.25) is 0 Å². The van der Waals surface area contributed by atoms with Crippen molar-refractivity contribution >= 4 is 35.1 Å². The van der Waals surface area contributed by atoms with Crippen molar-refractivity contribution in [3.63, 3.8) is 0 Å². The van der Waals surface area contributed by atoms with Crippen LogP contribution in [0, 0.1) is 0 Å². The van der Waals surface area contributed by atoms with Crippen LogP contribution in [0.4, 0.5) is 0 Å². The zero-order valence-corrected chi connectivity index (χ0v) is 24.8. The molecule has 0 radical (unpaired) electrons. The summed E-state index contributed by atoms with van der Waals surface area (Å²) in [6, 6.07) is 27.8. The highest BCUT2D eigenvalue weighted by Crippen LogP contribution is 2.63. The number of aromatic nitrogens is 2. The lowest BCUT2D eigenvalue weighted by Crippen LogP contribution is -2.51. The Morgan fingerprint density at radius 2 is 1.12 bits per heavy atom. The summed E-state index contributed by atoms with van der Waals surface area (Å²) in [5.41, 5.74) is -3.74. The van der Waals surface area contributed by atoms with Gasteiger partial charge < -0.3 is 19.1 Å². The van der Waals surface area contributed by atoms with Gasteiger partial charge in [-0.1, -0.05) is 54.6 Å². The molecule has 0 saturated carbocycles. The summed E-state index contributed by atoms with van der Waals surface area (Å²) in [6.45, 7) is 3.16. The van der Waals surface area contributed by atoms with E-state index in [1.807, 2.05) is 91.0 Å². The monoisotopic (exact) mass is 588 g/mol. The molecule has 0 saturated heterocycles. The third-order valence-corrected chi connectivity index (χ3v) is 11.9. The topological polar surface area (TPSA) is 120 Å². The Labute approximate surface area is 244 Å². The molecule has 4 rings (SSSR count). The van der Waals surface area contributed by atoms with Crippen molar-refractivity contribution in [2.45, 2.75) is 25.4 Å². The molecule has 9 nitrogen and oxygen atoms in total. The summed E-state index contributed by atoms with van der Waals surface area (Å²) in [5, 5.41) is 15.9. The molecular formula is C32H33N2O7P. The van der Waals surface area contributed by atoms with Gasteiger partial charge in [-0.2, -0.15) is 0 Å². The predicted molar refractivity (Wildman–Crippen MR) is 161 cm³/mol. The molecule has 0 aliphatic carbocycles. The molecule has 1 heterocycles. The minimum atomic E-state index is -3.28. The van der Waals surface area contributed by atoms with Crippen LogP contribution in [-0.4, -0.2) is 39.9 Å². The molecular weight excluding hydrogens is 555 g/mol. The molecule has 0 spiro atoms. The molecule has 10 heteroatoms. The quantitative estimate of drug-likeness (QED) is 0.205. The maximum absolute atomic E-state index is 14.4. The number of carbonyl (C=O) groups excluding carboxylic acids is 2. The summed E-state index contributed by atoms with van der Waals surface area (Å²) in [6.07, 6.45) is 0. The average molecular weight is 589 g/mol. The molecule has 0 bridgehead atoms. The Kier molecular flexibility index (Phi) is 9.43. The number of benzene rings is 3. The van der Waals surface area contributed by atoms with Crippen LogP contribution in [0.5, 0.6) is 5.88 Å². The van der Waals surface area contributed by atoms with Crippen molar-refractivity contribution in [2.75, 3.05) is 13.2 Å². The molecule has 0 N–H and O–H groups in total. The van der Waals surface area contributed by atoms with Crippen LogP contribution in [-0.2, 0) is 33.2 Å². The van der Waals surface area contributed by atoms with E-state index >= 15 is 0 Å². The van der Waals surface area contributed by atoms with Crippen LogP contribution in [0.2, 0.25) is 0 Å². The van der Waals surface area contributed by atoms with Gasteiger partial charge in [-0.3, -0.25) is 14.2 Å². The van der Waals surface area contributed by atoms with Crippen LogP contribution in [0.1, 0.15) is 25.3 Å². The Hall–Kier alpha value is -4.49. The standard InChI is InChI=1S/C32H33N2O7P/c1-5-40-30(37)25(26-28(35)33(3)32(39)34(4)29(26)36)27(31(38)41-6-2)42(22-16-10-7-11-17-22,23-18-12-8-13-19-23)24-20-14-9-15-21-24/h7-21,25,27H,5-6H2,1-4H3. The van der Waals surface area contributed by atoms with E-state index in [-0.39, 0.29) is 13.2 Å². The fraction of sp³-hybridized carbons (Fsp3) is 0.250. The highest BCUT2D eigenvalue weighted by molar-refractivity contribution is 7.97. The molecule has 0 aliphatic rings. The number of hydrogen-bond donors (Lipinski definition) is 0. The van der Waals surface area contributed by atoms with E-state index in [4.69, 9.17) is 9.47 Å². The van der Waals surface area contributed by atoms with E-state index in [1.54, 1.807) is 13.8 Å². The van der Waals surface area contributed by atoms with E-state index in [0.29, 0.717) is 0 Å². The smallest absolute Gasteiger partial charge is 0.349 e. The maximum Gasteiger partial charge on any atom is 0.349 e. The highest BCUT2D eigenvalue weighted by atomic mass is 31.2. The summed E-state index contributed by atoms with van der Waals surface area (Å²) in [5.74, 6) is -4.37. The first-order chi connectivity index (χ1) is 20.2. The Morgan fingerprint density at radius 3 is 1.52 bits per heavy atom. The van der Waals surface area contributed by atoms with Crippen molar-refractivity contribution in [1.29, 1.82) is 0 Å². The van der Waals surface area contributed by atoms with Crippen LogP contribution < -0.4 is 32.3 Å². The first kappa shape index (κ1) is 30.5. The summed E-state index contributed by atoms with van der Waals surface area (Å²) in [4.78, 5) is 54.9. The fourth-order valence-electron chi connectivity index (χ4n) is 5.42. The third-order valence-electron chi connectivity index (χ3n) is 7.25. The van der Waals surface area contributed by atoms with E-state index < -0.39 is 53.5 Å². The van der Waals surface area contributed by atoms with Crippen LogP contribution >= 0.6 is 7.26 Å². The second-order valence-electron chi connectivity index (χ2n) is 9.58. The van der Waals surface area contributed by atoms with Gasteiger partial charge in [-0.25, -0.2) is 9.59 Å². The van der Waals surface area contributed by atoms with Gasteiger partial charge in [-0.15, -0.1) is 0 Å². The first-order valence-corrected chi connectivity index (χ1v) is 15.4. The molecule has 0 fully saturated rings. The molecule has 3 aromatic carbocycles. The number of ether oxygens (including phenoxy) is 2. The van der Waals surface area contributed by atoms with E-state index in [0.717, 1.165) is 25.0 Å². The Balaban J connectivity index is 2.28. The second-order valence-corrected chi connectivity index (χ2v) is 13.1. The molecule has 2 atom stereocenters. The molecule has 0 amide bonds. The highest BCUT2D eigenvalue weighted by Gasteiger charge is 2.62. The van der Waals surface area contributed by atoms with Crippen molar-refractivity contribution in [3.05, 3.63) is 117 Å². The lowest BCUT2D eigenvalue weighted by Gasteiger charge is -2.37. The molecule has 0 aliphatic heterocycles. The molecule has 1 aromatic heterocycles. The lowest BCUT2D eigenvalue weighted by molar-refractivity contribution is -0.281. The zero-order chi connectivity index (χ0) is 30.4. The maximum atomic E-state index is 14.4. The zero-order valence-electron chi connectivity index (χ0n) is 23.9. The summed E-state index contributed by atoms with van der Waals surface area (Å²) >= 11 is 0. The first-order valence-electron chi connectivity index (χ1n) is 13.6. The second kappa shape index (κ2) is 13.0. The van der Waals surface area contributed by atoms with E-state index in [2.05, 4.69) is 0 Å². The van der Waals surface area contributed by atoms with Crippen LogP contribution in [0.15, 0.2) is 101 Å². The van der Waals surface area contributed by atoms with Crippen molar-refractivity contribution in [2.24, 2.45) is 14.1 Å². The van der Waals surface area contributed by atoms with Gasteiger partial charge >= 0.3 is 17.6 Å². The van der Waals surface area contributed by atoms with Gasteiger partial charge in [0.05, 0.1) is 13.2 Å². The Morgan fingerprint density at radius 1 is 0.714 bits per heavy atom. The summed E-state index contributed by atoms with van der Waals surface area (Å²) in [7, 11) is -0.829. The van der Waals surface area contributed by atoms with Gasteiger partial charge in [-0.05, 0) is 56.1 Å².